The standard InChI is InChI=1S/C15H17ClINS/c1-3-6-18-15(12-7-10(2)19-9-12)11-4-5-14(17)13(16)8-11/h4-5,7-9,15,18H,3,6H2,1-2H3. The number of aryl methyl sites for hydroxylation is 1. The summed E-state index contributed by atoms with van der Waals surface area (Å²) in [6.45, 7) is 5.33. The van der Waals surface area contributed by atoms with E-state index in [1.807, 2.05) is 0 Å². The number of halogens is 2. The van der Waals surface area contributed by atoms with Gasteiger partial charge in [-0.1, -0.05) is 24.6 Å². The number of thiophene rings is 1. The first-order valence-electron chi connectivity index (χ1n) is 6.35. The highest BCUT2D eigenvalue weighted by Crippen LogP contribution is 2.29. The molecule has 2 aromatic rings. The first kappa shape index (κ1) is 15.3. The summed E-state index contributed by atoms with van der Waals surface area (Å²) in [5, 5.41) is 6.67. The molecule has 1 aromatic heterocycles. The first-order chi connectivity index (χ1) is 9.11. The van der Waals surface area contributed by atoms with Crippen LogP contribution in [0.25, 0.3) is 0 Å². The molecule has 1 aromatic carbocycles. The zero-order valence-electron chi connectivity index (χ0n) is 11.0. The molecule has 0 amide bonds. The molecule has 1 atom stereocenters. The summed E-state index contributed by atoms with van der Waals surface area (Å²) in [5.74, 6) is 0. The van der Waals surface area contributed by atoms with Gasteiger partial charge in [0.05, 0.1) is 11.1 Å². The van der Waals surface area contributed by atoms with Crippen LogP contribution in [-0.2, 0) is 0 Å². The van der Waals surface area contributed by atoms with Crippen LogP contribution in [0.2, 0.25) is 5.02 Å². The van der Waals surface area contributed by atoms with Crippen LogP contribution in [0.1, 0.15) is 35.4 Å². The second-order valence-corrected chi connectivity index (χ2v) is 7.24. The molecule has 1 unspecified atom stereocenters. The van der Waals surface area contributed by atoms with E-state index in [9.17, 15) is 0 Å². The summed E-state index contributed by atoms with van der Waals surface area (Å²) in [5.41, 5.74) is 2.56. The van der Waals surface area contributed by atoms with E-state index in [0.717, 1.165) is 21.6 Å². The second kappa shape index (κ2) is 7.07. The van der Waals surface area contributed by atoms with Crippen molar-refractivity contribution >= 4 is 45.5 Å². The smallest absolute Gasteiger partial charge is 0.0585 e. The van der Waals surface area contributed by atoms with E-state index in [-0.39, 0.29) is 6.04 Å². The lowest BCUT2D eigenvalue weighted by atomic mass is 10.0. The minimum absolute atomic E-state index is 0.236. The second-order valence-electron chi connectivity index (χ2n) is 4.55. The van der Waals surface area contributed by atoms with Crippen molar-refractivity contribution in [1.29, 1.82) is 0 Å². The van der Waals surface area contributed by atoms with Gasteiger partial charge in [-0.25, -0.2) is 0 Å². The maximum atomic E-state index is 6.25. The highest BCUT2D eigenvalue weighted by Gasteiger charge is 2.15. The van der Waals surface area contributed by atoms with Crippen molar-refractivity contribution in [3.05, 3.63) is 54.2 Å². The van der Waals surface area contributed by atoms with Gasteiger partial charge in [0.1, 0.15) is 0 Å². The fourth-order valence-corrected chi connectivity index (χ4v) is 3.28. The molecule has 1 N–H and O–H groups in total. The van der Waals surface area contributed by atoms with Gasteiger partial charge in [0.2, 0.25) is 0 Å². The molecule has 0 spiro atoms. The number of hydrogen-bond donors (Lipinski definition) is 1. The Labute approximate surface area is 137 Å². The third kappa shape index (κ3) is 3.94. The summed E-state index contributed by atoms with van der Waals surface area (Å²) in [7, 11) is 0. The van der Waals surface area contributed by atoms with Gasteiger partial charge in [0.15, 0.2) is 0 Å². The summed E-state index contributed by atoms with van der Waals surface area (Å²) < 4.78 is 1.10. The lowest BCUT2D eigenvalue weighted by Gasteiger charge is -2.18. The Morgan fingerprint density at radius 3 is 2.68 bits per heavy atom. The lowest BCUT2D eigenvalue weighted by molar-refractivity contribution is 0.600. The van der Waals surface area contributed by atoms with Crippen molar-refractivity contribution in [3.8, 4) is 0 Å². The number of hydrogen-bond acceptors (Lipinski definition) is 2. The maximum Gasteiger partial charge on any atom is 0.0585 e. The van der Waals surface area contributed by atoms with E-state index in [1.54, 1.807) is 11.3 Å². The van der Waals surface area contributed by atoms with Gasteiger partial charge in [-0.2, -0.15) is 0 Å². The van der Waals surface area contributed by atoms with E-state index in [0.29, 0.717) is 0 Å². The van der Waals surface area contributed by atoms with Crippen molar-refractivity contribution in [2.45, 2.75) is 26.3 Å². The maximum absolute atomic E-state index is 6.25. The minimum Gasteiger partial charge on any atom is -0.306 e. The molecule has 102 valence electrons. The molecule has 2 rings (SSSR count). The third-order valence-electron chi connectivity index (χ3n) is 2.96. The highest BCUT2D eigenvalue weighted by atomic mass is 127. The summed E-state index contributed by atoms with van der Waals surface area (Å²) in [6, 6.07) is 8.80. The Bertz CT molecular complexity index is 553. The number of rotatable bonds is 5. The average molecular weight is 406 g/mol. The van der Waals surface area contributed by atoms with Crippen LogP contribution in [0.15, 0.2) is 29.6 Å². The molecular formula is C15H17ClINS. The van der Waals surface area contributed by atoms with Gasteiger partial charge >= 0.3 is 0 Å². The van der Waals surface area contributed by atoms with Crippen molar-refractivity contribution in [3.63, 3.8) is 0 Å². The van der Waals surface area contributed by atoms with Crippen LogP contribution in [0.5, 0.6) is 0 Å². The number of nitrogens with one attached hydrogen (secondary N) is 1. The molecule has 1 heterocycles. The first-order valence-corrected chi connectivity index (χ1v) is 8.68. The van der Waals surface area contributed by atoms with Gasteiger partial charge in [-0.05, 0) is 77.2 Å². The van der Waals surface area contributed by atoms with E-state index in [2.05, 4.69) is 71.4 Å². The molecule has 0 fully saturated rings. The molecule has 0 aliphatic carbocycles. The molecule has 0 bridgehead atoms. The fourth-order valence-electron chi connectivity index (χ4n) is 2.02. The van der Waals surface area contributed by atoms with E-state index < -0.39 is 0 Å². The normalized spacial score (nSPS) is 12.6. The zero-order valence-corrected chi connectivity index (χ0v) is 14.8. The summed E-state index contributed by atoms with van der Waals surface area (Å²) in [4.78, 5) is 1.34. The van der Waals surface area contributed by atoms with Crippen molar-refractivity contribution in [2.75, 3.05) is 6.54 Å². The quantitative estimate of drug-likeness (QED) is 0.656. The van der Waals surface area contributed by atoms with Crippen LogP contribution in [0.3, 0.4) is 0 Å². The predicted octanol–water partition coefficient (Wildman–Crippen LogP) is 5.40. The van der Waals surface area contributed by atoms with Crippen molar-refractivity contribution in [2.24, 2.45) is 0 Å². The Balaban J connectivity index is 2.33. The molecule has 4 heteroatoms. The fraction of sp³-hybridized carbons (Fsp3) is 0.333. The van der Waals surface area contributed by atoms with Gasteiger partial charge in [-0.15, -0.1) is 11.3 Å². The lowest BCUT2D eigenvalue weighted by Crippen LogP contribution is -2.22. The van der Waals surface area contributed by atoms with Gasteiger partial charge in [0, 0.05) is 8.45 Å². The molecule has 0 aliphatic rings. The Morgan fingerprint density at radius 2 is 2.11 bits per heavy atom. The van der Waals surface area contributed by atoms with Crippen LogP contribution in [0.4, 0.5) is 0 Å². The molecule has 0 saturated carbocycles. The Hall–Kier alpha value is -0.100. The molecular weight excluding hydrogens is 389 g/mol. The largest absolute Gasteiger partial charge is 0.306 e. The summed E-state index contributed by atoms with van der Waals surface area (Å²) >= 11 is 10.3. The Kier molecular flexibility index (Phi) is 5.69. The van der Waals surface area contributed by atoms with E-state index in [1.165, 1.54) is 16.0 Å². The summed E-state index contributed by atoms with van der Waals surface area (Å²) in [6.07, 6.45) is 1.12. The van der Waals surface area contributed by atoms with Gasteiger partial charge in [0.25, 0.3) is 0 Å². The van der Waals surface area contributed by atoms with Crippen molar-refractivity contribution < 1.29 is 0 Å². The molecule has 0 aliphatic heterocycles. The van der Waals surface area contributed by atoms with Crippen molar-refractivity contribution in [1.82, 2.24) is 5.32 Å². The van der Waals surface area contributed by atoms with E-state index >= 15 is 0 Å². The average Bonchev–Trinajstić information content (AvgIpc) is 2.80. The topological polar surface area (TPSA) is 12.0 Å². The Morgan fingerprint density at radius 1 is 1.32 bits per heavy atom. The third-order valence-corrected chi connectivity index (χ3v) is 5.41. The zero-order chi connectivity index (χ0) is 13.8. The monoisotopic (exact) mass is 405 g/mol. The highest BCUT2D eigenvalue weighted by molar-refractivity contribution is 14.1. The number of benzene rings is 1. The van der Waals surface area contributed by atoms with Gasteiger partial charge in [-0.3, -0.25) is 0 Å². The predicted molar refractivity (Wildman–Crippen MR) is 93.4 cm³/mol. The minimum atomic E-state index is 0.236. The van der Waals surface area contributed by atoms with Crippen LogP contribution < -0.4 is 5.32 Å². The van der Waals surface area contributed by atoms with Crippen LogP contribution >= 0.6 is 45.5 Å². The molecule has 1 nitrogen and oxygen atoms in total. The van der Waals surface area contributed by atoms with E-state index in [4.69, 9.17) is 11.6 Å². The molecule has 0 radical (unpaired) electrons. The van der Waals surface area contributed by atoms with Crippen LogP contribution in [-0.4, -0.2) is 6.54 Å². The SMILES string of the molecule is CCCNC(c1csc(C)c1)c1ccc(I)c(Cl)c1. The van der Waals surface area contributed by atoms with Gasteiger partial charge < -0.3 is 5.32 Å². The molecule has 0 saturated heterocycles. The van der Waals surface area contributed by atoms with Crippen LogP contribution in [0, 0.1) is 10.5 Å². The molecule has 19 heavy (non-hydrogen) atoms.